The molecule has 2 aromatic rings. The normalized spacial score (nSPS) is 10.4. The van der Waals surface area contributed by atoms with Crippen molar-refractivity contribution in [1.82, 2.24) is 4.98 Å². The van der Waals surface area contributed by atoms with Gasteiger partial charge in [0.1, 0.15) is 10.7 Å². The second-order valence-corrected chi connectivity index (χ2v) is 4.55. The van der Waals surface area contributed by atoms with Gasteiger partial charge in [-0.3, -0.25) is 9.78 Å². The lowest BCUT2D eigenvalue weighted by molar-refractivity contribution is 0.0994. The second kappa shape index (κ2) is 3.98. The van der Waals surface area contributed by atoms with Gasteiger partial charge in [-0.2, -0.15) is 0 Å². The standard InChI is InChI=1S/C9H6FNOS2/c10-7-1-2-13-9(7)8(12)3-6-4-11-5-14-6/h1-2,4-5H,3H2. The Morgan fingerprint density at radius 2 is 2.36 bits per heavy atom. The number of Topliss-reactive ketones (excluding diaryl/α,β-unsaturated/α-hetero) is 1. The molecule has 0 aromatic carbocycles. The zero-order valence-corrected chi connectivity index (χ0v) is 8.70. The number of aromatic nitrogens is 1. The molecule has 0 bridgehead atoms. The highest BCUT2D eigenvalue weighted by molar-refractivity contribution is 7.12. The average Bonchev–Trinajstić information content (AvgIpc) is 2.75. The molecule has 14 heavy (non-hydrogen) atoms. The monoisotopic (exact) mass is 227 g/mol. The fourth-order valence-electron chi connectivity index (χ4n) is 1.06. The van der Waals surface area contributed by atoms with Crippen LogP contribution in [0.1, 0.15) is 14.5 Å². The molecule has 2 rings (SSSR count). The fraction of sp³-hybridized carbons (Fsp3) is 0.111. The Hall–Kier alpha value is -1.07. The summed E-state index contributed by atoms with van der Waals surface area (Å²) in [5.74, 6) is -0.605. The maximum absolute atomic E-state index is 13.0. The van der Waals surface area contributed by atoms with E-state index in [9.17, 15) is 9.18 Å². The van der Waals surface area contributed by atoms with Crippen LogP contribution < -0.4 is 0 Å². The molecule has 0 saturated carbocycles. The lowest BCUT2D eigenvalue weighted by Crippen LogP contribution is -2.01. The van der Waals surface area contributed by atoms with Gasteiger partial charge in [-0.1, -0.05) is 0 Å². The summed E-state index contributed by atoms with van der Waals surface area (Å²) in [6.07, 6.45) is 1.87. The molecule has 0 unspecified atom stereocenters. The van der Waals surface area contributed by atoms with Crippen LogP contribution in [0.25, 0.3) is 0 Å². The molecule has 0 radical (unpaired) electrons. The van der Waals surface area contributed by atoms with Crippen molar-refractivity contribution in [2.45, 2.75) is 6.42 Å². The third-order valence-electron chi connectivity index (χ3n) is 1.69. The van der Waals surface area contributed by atoms with E-state index in [1.165, 1.54) is 17.4 Å². The van der Waals surface area contributed by atoms with E-state index in [1.807, 2.05) is 0 Å². The van der Waals surface area contributed by atoms with Gasteiger partial charge in [-0.25, -0.2) is 4.39 Å². The van der Waals surface area contributed by atoms with Gasteiger partial charge in [0.15, 0.2) is 5.78 Å². The predicted molar refractivity (Wildman–Crippen MR) is 54.4 cm³/mol. The van der Waals surface area contributed by atoms with Crippen LogP contribution in [-0.4, -0.2) is 10.8 Å². The van der Waals surface area contributed by atoms with Crippen molar-refractivity contribution in [1.29, 1.82) is 0 Å². The number of rotatable bonds is 3. The molecule has 0 amide bonds. The molecule has 72 valence electrons. The van der Waals surface area contributed by atoms with Crippen molar-refractivity contribution in [3.63, 3.8) is 0 Å². The largest absolute Gasteiger partial charge is 0.293 e. The summed E-state index contributed by atoms with van der Waals surface area (Å²) >= 11 is 2.54. The highest BCUT2D eigenvalue weighted by Crippen LogP contribution is 2.18. The summed E-state index contributed by atoms with van der Waals surface area (Å²) in [5.41, 5.74) is 1.66. The molecule has 0 atom stereocenters. The minimum Gasteiger partial charge on any atom is -0.293 e. The molecular weight excluding hydrogens is 221 g/mol. The van der Waals surface area contributed by atoms with E-state index in [0.717, 1.165) is 16.2 Å². The smallest absolute Gasteiger partial charge is 0.181 e. The first-order valence-corrected chi connectivity index (χ1v) is 5.67. The number of carbonyl (C=O) groups excluding carboxylic acids is 1. The Balaban J connectivity index is 2.14. The molecule has 5 heteroatoms. The van der Waals surface area contributed by atoms with E-state index in [1.54, 1.807) is 17.1 Å². The minimum atomic E-state index is -0.426. The number of hydrogen-bond donors (Lipinski definition) is 0. The fourth-order valence-corrected chi connectivity index (χ4v) is 2.36. The Labute approximate surface area is 88.0 Å². The molecule has 2 nitrogen and oxygen atoms in total. The molecule has 2 aromatic heterocycles. The first-order chi connectivity index (χ1) is 6.77. The van der Waals surface area contributed by atoms with Crippen molar-refractivity contribution in [2.75, 3.05) is 0 Å². The number of halogens is 1. The number of nitrogens with zero attached hydrogens (tertiary/aromatic N) is 1. The molecule has 2 heterocycles. The van der Waals surface area contributed by atoms with Gasteiger partial charge < -0.3 is 0 Å². The number of ketones is 1. The van der Waals surface area contributed by atoms with Gasteiger partial charge in [-0.15, -0.1) is 22.7 Å². The average molecular weight is 227 g/mol. The lowest BCUT2D eigenvalue weighted by Gasteiger charge is -1.94. The molecule has 0 aliphatic carbocycles. The number of carbonyl (C=O) groups is 1. The molecular formula is C9H6FNOS2. The molecule has 0 aliphatic rings. The lowest BCUT2D eigenvalue weighted by atomic mass is 10.2. The van der Waals surface area contributed by atoms with E-state index in [2.05, 4.69) is 4.98 Å². The van der Waals surface area contributed by atoms with E-state index < -0.39 is 5.82 Å². The third kappa shape index (κ3) is 1.88. The van der Waals surface area contributed by atoms with Gasteiger partial charge in [0.25, 0.3) is 0 Å². The van der Waals surface area contributed by atoms with Crippen molar-refractivity contribution < 1.29 is 9.18 Å². The minimum absolute atomic E-state index is 0.179. The van der Waals surface area contributed by atoms with Crippen LogP contribution in [0.5, 0.6) is 0 Å². The maximum Gasteiger partial charge on any atom is 0.181 e. The highest BCUT2D eigenvalue weighted by Gasteiger charge is 2.14. The van der Waals surface area contributed by atoms with E-state index in [-0.39, 0.29) is 17.1 Å². The van der Waals surface area contributed by atoms with Crippen molar-refractivity contribution in [2.24, 2.45) is 0 Å². The van der Waals surface area contributed by atoms with Crippen molar-refractivity contribution >= 4 is 28.5 Å². The zero-order valence-electron chi connectivity index (χ0n) is 7.07. The van der Waals surface area contributed by atoms with Crippen LogP contribution in [0.4, 0.5) is 4.39 Å². The maximum atomic E-state index is 13.0. The van der Waals surface area contributed by atoms with Crippen LogP contribution in [0.3, 0.4) is 0 Å². The van der Waals surface area contributed by atoms with Crippen LogP contribution in [0, 0.1) is 5.82 Å². The topological polar surface area (TPSA) is 30.0 Å². The van der Waals surface area contributed by atoms with E-state index in [0.29, 0.717) is 0 Å². The van der Waals surface area contributed by atoms with Gasteiger partial charge >= 0.3 is 0 Å². The highest BCUT2D eigenvalue weighted by atomic mass is 32.1. The zero-order chi connectivity index (χ0) is 9.97. The van der Waals surface area contributed by atoms with Crippen LogP contribution in [-0.2, 0) is 6.42 Å². The van der Waals surface area contributed by atoms with Crippen LogP contribution in [0.15, 0.2) is 23.2 Å². The van der Waals surface area contributed by atoms with Gasteiger partial charge in [0.05, 0.1) is 5.51 Å². The molecule has 0 spiro atoms. The summed E-state index contributed by atoms with van der Waals surface area (Å²) in [6, 6.07) is 1.31. The number of thiazole rings is 1. The molecule has 0 aliphatic heterocycles. The Bertz CT molecular complexity index is 435. The SMILES string of the molecule is O=C(Cc1cncs1)c1sccc1F. The summed E-state index contributed by atoms with van der Waals surface area (Å²) in [7, 11) is 0. The predicted octanol–water partition coefficient (Wildman–Crippen LogP) is 2.77. The van der Waals surface area contributed by atoms with Crippen LogP contribution >= 0.6 is 22.7 Å². The summed E-state index contributed by atoms with van der Waals surface area (Å²) in [6.45, 7) is 0. The van der Waals surface area contributed by atoms with E-state index >= 15 is 0 Å². The first-order valence-electron chi connectivity index (χ1n) is 3.91. The van der Waals surface area contributed by atoms with Gasteiger partial charge in [-0.05, 0) is 11.4 Å². The third-order valence-corrected chi connectivity index (χ3v) is 3.40. The van der Waals surface area contributed by atoms with E-state index in [4.69, 9.17) is 0 Å². The Morgan fingerprint density at radius 3 is 2.93 bits per heavy atom. The Kier molecular flexibility index (Phi) is 2.69. The quantitative estimate of drug-likeness (QED) is 0.755. The van der Waals surface area contributed by atoms with Gasteiger partial charge in [0.2, 0.25) is 0 Å². The molecule has 0 saturated heterocycles. The second-order valence-electron chi connectivity index (χ2n) is 2.67. The first kappa shape index (κ1) is 9.48. The molecule has 0 N–H and O–H groups in total. The summed E-state index contributed by atoms with van der Waals surface area (Å²) < 4.78 is 13.0. The Morgan fingerprint density at radius 1 is 1.50 bits per heavy atom. The van der Waals surface area contributed by atoms with Gasteiger partial charge in [0, 0.05) is 17.5 Å². The number of thiophene rings is 1. The van der Waals surface area contributed by atoms with Crippen molar-refractivity contribution in [3.8, 4) is 0 Å². The number of hydrogen-bond acceptors (Lipinski definition) is 4. The molecule has 0 fully saturated rings. The summed E-state index contributed by atoms with van der Waals surface area (Å²) in [4.78, 5) is 16.5. The summed E-state index contributed by atoms with van der Waals surface area (Å²) in [5, 5.41) is 1.58. The van der Waals surface area contributed by atoms with Crippen LogP contribution in [0.2, 0.25) is 0 Å². The van der Waals surface area contributed by atoms with Crippen molar-refractivity contribution in [3.05, 3.63) is 38.7 Å².